The average Bonchev–Trinajstić information content (AvgIpc) is 2.74. The number of nitrogens with zero attached hydrogens (tertiary/aromatic N) is 1. The van der Waals surface area contributed by atoms with E-state index < -0.39 is 17.7 Å². The lowest BCUT2D eigenvalue weighted by molar-refractivity contribution is -0.130. The van der Waals surface area contributed by atoms with Crippen LogP contribution < -0.4 is 0 Å². The van der Waals surface area contributed by atoms with Crippen molar-refractivity contribution < 1.29 is 18.7 Å². The molecule has 1 fully saturated rings. The average molecular weight is 255 g/mol. The quantitative estimate of drug-likeness (QED) is 0.889. The number of carbonyl (C=O) groups excluding carboxylic acids is 1. The highest BCUT2D eigenvalue weighted by atomic mass is 19.1. The van der Waals surface area contributed by atoms with Crippen LogP contribution in [0.25, 0.3) is 0 Å². The van der Waals surface area contributed by atoms with E-state index in [1.54, 1.807) is 4.90 Å². The minimum absolute atomic E-state index is 0.102. The number of rotatable bonds is 3. The molecule has 1 aromatic carbocycles. The molecular weight excluding hydrogens is 240 g/mol. The standard InChI is InChI=1S/C13H15F2NO2/c14-10-3-1-9(12(15)7-10)2-4-13(18)16-6-5-11(17)8-16/h1,3,7,11,17H,2,4-6,8H2/t11-/m1/s1. The Morgan fingerprint density at radius 1 is 1.44 bits per heavy atom. The monoisotopic (exact) mass is 255 g/mol. The van der Waals surface area contributed by atoms with Gasteiger partial charge in [-0.3, -0.25) is 4.79 Å². The molecule has 0 bridgehead atoms. The van der Waals surface area contributed by atoms with E-state index in [-0.39, 0.29) is 18.7 Å². The van der Waals surface area contributed by atoms with Crippen molar-refractivity contribution in [3.63, 3.8) is 0 Å². The lowest BCUT2D eigenvalue weighted by Gasteiger charge is -2.15. The van der Waals surface area contributed by atoms with Crippen LogP contribution in [0.5, 0.6) is 0 Å². The van der Waals surface area contributed by atoms with Crippen molar-refractivity contribution in [1.29, 1.82) is 0 Å². The normalized spacial score (nSPS) is 19.3. The predicted molar refractivity (Wildman–Crippen MR) is 61.9 cm³/mol. The summed E-state index contributed by atoms with van der Waals surface area (Å²) in [6.07, 6.45) is 0.570. The lowest BCUT2D eigenvalue weighted by Crippen LogP contribution is -2.29. The van der Waals surface area contributed by atoms with Crippen molar-refractivity contribution in [2.45, 2.75) is 25.4 Å². The largest absolute Gasteiger partial charge is 0.391 e. The number of hydrogen-bond donors (Lipinski definition) is 1. The van der Waals surface area contributed by atoms with Gasteiger partial charge in [-0.25, -0.2) is 8.78 Å². The van der Waals surface area contributed by atoms with Gasteiger partial charge in [-0.1, -0.05) is 6.07 Å². The van der Waals surface area contributed by atoms with Crippen LogP contribution in [0.2, 0.25) is 0 Å². The van der Waals surface area contributed by atoms with Gasteiger partial charge in [-0.2, -0.15) is 0 Å². The lowest BCUT2D eigenvalue weighted by atomic mass is 10.1. The number of carbonyl (C=O) groups is 1. The van der Waals surface area contributed by atoms with Gasteiger partial charge in [0.15, 0.2) is 0 Å². The van der Waals surface area contributed by atoms with E-state index in [1.807, 2.05) is 0 Å². The topological polar surface area (TPSA) is 40.5 Å². The Labute approximate surface area is 104 Å². The third-order valence-electron chi connectivity index (χ3n) is 3.14. The number of hydrogen-bond acceptors (Lipinski definition) is 2. The summed E-state index contributed by atoms with van der Waals surface area (Å²) in [7, 11) is 0. The summed E-state index contributed by atoms with van der Waals surface area (Å²) >= 11 is 0. The molecule has 2 rings (SSSR count). The molecule has 0 spiro atoms. The highest BCUT2D eigenvalue weighted by Gasteiger charge is 2.24. The molecule has 1 aromatic rings. The highest BCUT2D eigenvalue weighted by molar-refractivity contribution is 5.76. The summed E-state index contributed by atoms with van der Waals surface area (Å²) in [6, 6.07) is 3.36. The van der Waals surface area contributed by atoms with Gasteiger partial charge in [0.2, 0.25) is 5.91 Å². The molecule has 18 heavy (non-hydrogen) atoms. The number of aliphatic hydroxyl groups is 1. The molecule has 0 unspecified atom stereocenters. The van der Waals surface area contributed by atoms with Gasteiger partial charge in [-0.15, -0.1) is 0 Å². The summed E-state index contributed by atoms with van der Waals surface area (Å²) < 4.78 is 26.0. The summed E-state index contributed by atoms with van der Waals surface area (Å²) in [5.74, 6) is -1.34. The summed E-state index contributed by atoms with van der Waals surface area (Å²) in [4.78, 5) is 13.3. The number of amides is 1. The van der Waals surface area contributed by atoms with Gasteiger partial charge in [0.05, 0.1) is 6.10 Å². The van der Waals surface area contributed by atoms with Crippen LogP contribution in [0.1, 0.15) is 18.4 Å². The van der Waals surface area contributed by atoms with Gasteiger partial charge in [-0.05, 0) is 24.5 Å². The van der Waals surface area contributed by atoms with E-state index in [4.69, 9.17) is 0 Å². The van der Waals surface area contributed by atoms with Crippen LogP contribution in [-0.2, 0) is 11.2 Å². The number of aryl methyl sites for hydroxylation is 1. The van der Waals surface area contributed by atoms with E-state index in [0.29, 0.717) is 25.1 Å². The minimum atomic E-state index is -0.621. The summed E-state index contributed by atoms with van der Waals surface area (Å²) in [6.45, 7) is 0.899. The van der Waals surface area contributed by atoms with Gasteiger partial charge in [0, 0.05) is 25.6 Å². The van der Waals surface area contributed by atoms with Gasteiger partial charge < -0.3 is 10.0 Å². The Balaban J connectivity index is 1.89. The Morgan fingerprint density at radius 2 is 2.22 bits per heavy atom. The van der Waals surface area contributed by atoms with Crippen molar-refractivity contribution in [1.82, 2.24) is 4.90 Å². The minimum Gasteiger partial charge on any atom is -0.391 e. The molecule has 1 heterocycles. The fourth-order valence-electron chi connectivity index (χ4n) is 2.09. The first-order valence-corrected chi connectivity index (χ1v) is 5.96. The molecule has 1 aliphatic rings. The zero-order valence-corrected chi connectivity index (χ0v) is 9.90. The number of likely N-dealkylation sites (tertiary alicyclic amines) is 1. The third kappa shape index (κ3) is 3.04. The molecule has 1 amide bonds. The van der Waals surface area contributed by atoms with E-state index in [9.17, 15) is 18.7 Å². The SMILES string of the molecule is O=C(CCc1ccc(F)cc1F)N1CC[C@@H](O)C1. The first kappa shape index (κ1) is 13.0. The second kappa shape index (κ2) is 5.44. The van der Waals surface area contributed by atoms with Crippen molar-refractivity contribution in [3.05, 3.63) is 35.4 Å². The Morgan fingerprint density at radius 3 is 2.83 bits per heavy atom. The van der Waals surface area contributed by atoms with Crippen LogP contribution in [0.3, 0.4) is 0 Å². The van der Waals surface area contributed by atoms with E-state index in [2.05, 4.69) is 0 Å². The molecule has 0 aromatic heterocycles. The fraction of sp³-hybridized carbons (Fsp3) is 0.462. The van der Waals surface area contributed by atoms with E-state index >= 15 is 0 Å². The van der Waals surface area contributed by atoms with E-state index in [0.717, 1.165) is 6.07 Å². The molecule has 3 nitrogen and oxygen atoms in total. The van der Waals surface area contributed by atoms with Crippen molar-refractivity contribution >= 4 is 5.91 Å². The second-order valence-corrected chi connectivity index (χ2v) is 4.52. The van der Waals surface area contributed by atoms with Crippen LogP contribution >= 0.6 is 0 Å². The molecule has 1 N–H and O–H groups in total. The van der Waals surface area contributed by atoms with Crippen molar-refractivity contribution in [2.24, 2.45) is 0 Å². The molecule has 0 aliphatic carbocycles. The Bertz CT molecular complexity index is 451. The predicted octanol–water partition coefficient (Wildman–Crippen LogP) is 1.49. The molecule has 0 radical (unpaired) electrons. The number of aliphatic hydroxyl groups excluding tert-OH is 1. The molecule has 0 saturated carbocycles. The zero-order valence-electron chi connectivity index (χ0n) is 9.90. The molecule has 98 valence electrons. The third-order valence-corrected chi connectivity index (χ3v) is 3.14. The number of β-amino-alcohol motifs (C(OH)–C–C–N with tert-alkyl or cyclic N) is 1. The van der Waals surface area contributed by atoms with Crippen LogP contribution in [0, 0.1) is 11.6 Å². The Hall–Kier alpha value is -1.49. The van der Waals surface area contributed by atoms with Gasteiger partial charge in [0.25, 0.3) is 0 Å². The summed E-state index contributed by atoms with van der Waals surface area (Å²) in [5.41, 5.74) is 0.337. The second-order valence-electron chi connectivity index (χ2n) is 4.52. The maximum absolute atomic E-state index is 13.3. The molecule has 1 atom stereocenters. The van der Waals surface area contributed by atoms with Gasteiger partial charge >= 0.3 is 0 Å². The molecular formula is C13H15F2NO2. The van der Waals surface area contributed by atoms with E-state index in [1.165, 1.54) is 12.1 Å². The van der Waals surface area contributed by atoms with Gasteiger partial charge in [0.1, 0.15) is 11.6 Å². The Kier molecular flexibility index (Phi) is 3.91. The number of halogens is 2. The number of benzene rings is 1. The van der Waals surface area contributed by atoms with Crippen LogP contribution in [-0.4, -0.2) is 35.1 Å². The first-order valence-electron chi connectivity index (χ1n) is 5.96. The highest BCUT2D eigenvalue weighted by Crippen LogP contribution is 2.14. The van der Waals surface area contributed by atoms with Crippen molar-refractivity contribution in [3.8, 4) is 0 Å². The van der Waals surface area contributed by atoms with Crippen LogP contribution in [0.4, 0.5) is 8.78 Å². The van der Waals surface area contributed by atoms with Crippen molar-refractivity contribution in [2.75, 3.05) is 13.1 Å². The smallest absolute Gasteiger partial charge is 0.222 e. The summed E-state index contributed by atoms with van der Waals surface area (Å²) in [5, 5.41) is 9.31. The maximum Gasteiger partial charge on any atom is 0.222 e. The fourth-order valence-corrected chi connectivity index (χ4v) is 2.09. The molecule has 5 heteroatoms. The van der Waals surface area contributed by atoms with Crippen LogP contribution in [0.15, 0.2) is 18.2 Å². The molecule has 1 aliphatic heterocycles. The first-order chi connectivity index (χ1) is 8.56. The molecule has 1 saturated heterocycles. The zero-order chi connectivity index (χ0) is 13.1. The maximum atomic E-state index is 13.3.